The minimum Gasteiger partial charge on any atom is -0.571 e. The molecule has 56 valence electrons. The Hall–Kier alpha value is -1.58. The molecule has 1 heterocycles. The van der Waals surface area contributed by atoms with Crippen LogP contribution in [0, 0.1) is 5.21 Å². The van der Waals surface area contributed by atoms with Crippen molar-refractivity contribution < 1.29 is 4.96 Å². The Morgan fingerprint density at radius 2 is 2.18 bits per heavy atom. The van der Waals surface area contributed by atoms with Crippen LogP contribution in [0.25, 0.3) is 11.0 Å². The Kier molecular flexibility index (Phi) is 1.09. The Morgan fingerprint density at radius 3 is 2.91 bits per heavy atom. The van der Waals surface area contributed by atoms with Crippen LogP contribution in [0.2, 0.25) is 0 Å². The number of nitrogens with zero attached hydrogens (tertiary/aromatic N) is 3. The molecule has 0 atom stereocenters. The molecule has 0 unspecified atom stereocenters. The van der Waals surface area contributed by atoms with Crippen molar-refractivity contribution >= 4 is 11.0 Å². The highest BCUT2D eigenvalue weighted by atomic mass is 16.5. The molecule has 0 aliphatic rings. The molecule has 0 N–H and O–H groups in total. The fourth-order valence-electron chi connectivity index (χ4n) is 1.07. The molecule has 0 saturated carbocycles. The van der Waals surface area contributed by atoms with Crippen molar-refractivity contribution in [3.05, 3.63) is 29.5 Å². The lowest BCUT2D eigenvalue weighted by Gasteiger charge is -1.89. The number of benzene rings is 1. The summed E-state index contributed by atoms with van der Waals surface area (Å²) in [7, 11) is 1.68. The summed E-state index contributed by atoms with van der Waals surface area (Å²) in [6, 6.07) is 7.40. The fourth-order valence-corrected chi connectivity index (χ4v) is 1.07. The molecule has 0 fully saturated rings. The van der Waals surface area contributed by atoms with E-state index in [1.165, 1.54) is 4.68 Å². The van der Waals surface area contributed by atoms with E-state index in [0.29, 0.717) is 4.96 Å². The number of hydrogen-bond donors (Lipinski definition) is 0. The first-order valence-electron chi connectivity index (χ1n) is 3.30. The summed E-state index contributed by atoms with van der Waals surface area (Å²) in [5, 5.41) is 14.6. The summed E-state index contributed by atoms with van der Waals surface area (Å²) in [5.41, 5.74) is 1.58. The van der Waals surface area contributed by atoms with Crippen LogP contribution in [0.1, 0.15) is 0 Å². The summed E-state index contributed by atoms with van der Waals surface area (Å²) in [5.74, 6) is 0. The summed E-state index contributed by atoms with van der Waals surface area (Å²) < 4.78 is 1.45. The quantitative estimate of drug-likeness (QED) is 0.397. The number of rotatable bonds is 0. The van der Waals surface area contributed by atoms with Gasteiger partial charge in [0.15, 0.2) is 5.52 Å². The molecule has 0 spiro atoms. The van der Waals surface area contributed by atoms with Gasteiger partial charge in [-0.3, -0.25) is 0 Å². The van der Waals surface area contributed by atoms with E-state index in [4.69, 9.17) is 0 Å². The van der Waals surface area contributed by atoms with Crippen molar-refractivity contribution in [3.8, 4) is 0 Å². The smallest absolute Gasteiger partial charge is 0.164 e. The minimum absolute atomic E-state index is 0.574. The number of aryl methyl sites for hydroxylation is 1. The molecule has 1 aromatic heterocycles. The van der Waals surface area contributed by atoms with Crippen LogP contribution in [-0.2, 0) is 7.05 Å². The van der Waals surface area contributed by atoms with Crippen LogP contribution in [0.5, 0.6) is 0 Å². The van der Waals surface area contributed by atoms with Gasteiger partial charge in [-0.15, -0.1) is 4.68 Å². The minimum atomic E-state index is 0.574. The van der Waals surface area contributed by atoms with Crippen LogP contribution in [0.4, 0.5) is 0 Å². The molecule has 0 bridgehead atoms. The van der Waals surface area contributed by atoms with E-state index in [-0.39, 0.29) is 0 Å². The fraction of sp³-hybridized carbons (Fsp3) is 0.143. The third-order valence-corrected chi connectivity index (χ3v) is 1.68. The van der Waals surface area contributed by atoms with Gasteiger partial charge in [-0.1, -0.05) is 12.1 Å². The van der Waals surface area contributed by atoms with Crippen molar-refractivity contribution in [1.82, 2.24) is 9.78 Å². The highest BCUT2D eigenvalue weighted by Gasteiger charge is 2.06. The second kappa shape index (κ2) is 1.95. The van der Waals surface area contributed by atoms with Crippen molar-refractivity contribution in [3.63, 3.8) is 0 Å². The summed E-state index contributed by atoms with van der Waals surface area (Å²) in [4.78, 5) is 0.574. The maximum absolute atomic E-state index is 10.9. The van der Waals surface area contributed by atoms with Gasteiger partial charge in [-0.25, -0.2) is 0 Å². The highest BCUT2D eigenvalue weighted by Crippen LogP contribution is 2.05. The maximum Gasteiger partial charge on any atom is 0.164 e. The van der Waals surface area contributed by atoms with Crippen molar-refractivity contribution in [1.29, 1.82) is 0 Å². The third kappa shape index (κ3) is 0.756. The van der Waals surface area contributed by atoms with Crippen LogP contribution < -0.4 is 4.96 Å². The average Bonchev–Trinajstić information content (AvgIpc) is 2.30. The summed E-state index contributed by atoms with van der Waals surface area (Å²) in [6.07, 6.45) is 0. The van der Waals surface area contributed by atoms with Gasteiger partial charge in [0.2, 0.25) is 0 Å². The van der Waals surface area contributed by atoms with E-state index in [0.717, 1.165) is 11.0 Å². The second-order valence-electron chi connectivity index (χ2n) is 2.37. The Bertz CT molecular complexity index is 393. The Labute approximate surface area is 63.2 Å². The zero-order valence-corrected chi connectivity index (χ0v) is 6.06. The predicted octanol–water partition coefficient (Wildman–Crippen LogP) is 0.207. The lowest BCUT2D eigenvalue weighted by atomic mass is 10.3. The SMILES string of the molecule is Cn1c2ccccc2n[n+]1[O-]. The topological polar surface area (TPSA) is 44.8 Å². The van der Waals surface area contributed by atoms with E-state index >= 15 is 0 Å². The maximum atomic E-state index is 10.9. The standard InChI is InChI=1S/C7H7N3O/c1-9-7-5-3-2-4-6(7)8-10(9)11/h2-5H,1H3. The summed E-state index contributed by atoms with van der Waals surface area (Å²) >= 11 is 0. The molecule has 11 heavy (non-hydrogen) atoms. The third-order valence-electron chi connectivity index (χ3n) is 1.68. The van der Waals surface area contributed by atoms with Crippen molar-refractivity contribution in [2.45, 2.75) is 0 Å². The zero-order chi connectivity index (χ0) is 7.84. The molecular formula is C7H7N3O. The van der Waals surface area contributed by atoms with Gasteiger partial charge >= 0.3 is 0 Å². The largest absolute Gasteiger partial charge is 0.571 e. The first-order chi connectivity index (χ1) is 5.29. The summed E-state index contributed by atoms with van der Waals surface area (Å²) in [6.45, 7) is 0. The van der Waals surface area contributed by atoms with Gasteiger partial charge in [-0.05, 0) is 12.1 Å². The first-order valence-corrected chi connectivity index (χ1v) is 3.30. The molecule has 0 saturated heterocycles. The van der Waals surface area contributed by atoms with E-state index in [9.17, 15) is 5.21 Å². The van der Waals surface area contributed by atoms with Crippen molar-refractivity contribution in [2.24, 2.45) is 7.05 Å². The Balaban J connectivity index is 2.92. The lowest BCUT2D eigenvalue weighted by Crippen LogP contribution is -2.37. The van der Waals surface area contributed by atoms with Crippen LogP contribution >= 0.6 is 0 Å². The van der Waals surface area contributed by atoms with Crippen LogP contribution in [-0.4, -0.2) is 9.78 Å². The lowest BCUT2D eigenvalue weighted by molar-refractivity contribution is -0.744. The predicted molar refractivity (Wildman–Crippen MR) is 39.7 cm³/mol. The molecular weight excluding hydrogens is 142 g/mol. The molecule has 0 aliphatic heterocycles. The molecule has 4 heteroatoms. The van der Waals surface area contributed by atoms with Crippen LogP contribution in [0.3, 0.4) is 0 Å². The van der Waals surface area contributed by atoms with E-state index in [1.807, 2.05) is 24.3 Å². The molecule has 2 aromatic rings. The van der Waals surface area contributed by atoms with Gasteiger partial charge in [0, 0.05) is 10.1 Å². The Morgan fingerprint density at radius 1 is 1.45 bits per heavy atom. The van der Waals surface area contributed by atoms with Crippen LogP contribution in [0.15, 0.2) is 24.3 Å². The normalized spacial score (nSPS) is 10.6. The molecule has 0 aliphatic carbocycles. The molecule has 1 aromatic carbocycles. The van der Waals surface area contributed by atoms with E-state index < -0.39 is 0 Å². The number of para-hydroxylation sites is 1. The first kappa shape index (κ1) is 6.15. The van der Waals surface area contributed by atoms with E-state index in [1.54, 1.807) is 7.05 Å². The monoisotopic (exact) mass is 149 g/mol. The van der Waals surface area contributed by atoms with Gasteiger partial charge in [0.25, 0.3) is 0 Å². The van der Waals surface area contributed by atoms with Gasteiger partial charge in [0.1, 0.15) is 5.52 Å². The number of hydrogen-bond acceptors (Lipinski definition) is 2. The second-order valence-corrected chi connectivity index (χ2v) is 2.37. The van der Waals surface area contributed by atoms with Gasteiger partial charge in [0.05, 0.1) is 7.05 Å². The molecule has 2 rings (SSSR count). The van der Waals surface area contributed by atoms with Gasteiger partial charge in [-0.2, -0.15) is 0 Å². The number of fused-ring (bicyclic) bond motifs is 1. The number of aromatic nitrogens is 3. The molecule has 0 radical (unpaired) electrons. The van der Waals surface area contributed by atoms with E-state index in [2.05, 4.69) is 5.10 Å². The molecule has 4 nitrogen and oxygen atoms in total. The molecule has 0 amide bonds. The zero-order valence-electron chi connectivity index (χ0n) is 6.06. The van der Waals surface area contributed by atoms with Crippen molar-refractivity contribution in [2.75, 3.05) is 0 Å². The van der Waals surface area contributed by atoms with Gasteiger partial charge < -0.3 is 5.21 Å². The highest BCUT2D eigenvalue weighted by molar-refractivity contribution is 5.72. The average molecular weight is 149 g/mol.